The van der Waals surface area contributed by atoms with Crippen LogP contribution >= 0.6 is 0 Å². The Morgan fingerprint density at radius 2 is 2.23 bits per heavy atom. The van der Waals surface area contributed by atoms with Crippen molar-refractivity contribution in [1.29, 1.82) is 0 Å². The SMILES string of the molecule is Cc1ccc2nc([S+]([O-])C3CCCc4cccnc43)[nH]c2c1. The van der Waals surface area contributed by atoms with Gasteiger partial charge in [0.15, 0.2) is 5.25 Å². The number of hydrogen-bond acceptors (Lipinski definition) is 3. The van der Waals surface area contributed by atoms with Crippen LogP contribution in [0.15, 0.2) is 41.7 Å². The zero-order valence-electron chi connectivity index (χ0n) is 12.4. The standard InChI is InChI=1S/C17H17N3OS/c1-11-7-8-13-14(10-11)20-17(19-13)22(21)15-6-2-4-12-5-3-9-18-16(12)15/h3,5,7-10,15H,2,4,6H2,1H3,(H,19,20). The lowest BCUT2D eigenvalue weighted by atomic mass is 9.96. The molecule has 0 amide bonds. The Labute approximate surface area is 132 Å². The van der Waals surface area contributed by atoms with E-state index >= 15 is 0 Å². The fourth-order valence-electron chi connectivity index (χ4n) is 3.11. The molecule has 4 rings (SSSR count). The van der Waals surface area contributed by atoms with Gasteiger partial charge in [0.1, 0.15) is 0 Å². The van der Waals surface area contributed by atoms with E-state index < -0.39 is 11.2 Å². The number of nitrogens with zero attached hydrogens (tertiary/aromatic N) is 2. The van der Waals surface area contributed by atoms with Gasteiger partial charge in [-0.15, -0.1) is 0 Å². The molecule has 0 aliphatic heterocycles. The molecule has 0 spiro atoms. The number of fused-ring (bicyclic) bond motifs is 2. The molecule has 0 saturated carbocycles. The topological polar surface area (TPSA) is 64.6 Å². The summed E-state index contributed by atoms with van der Waals surface area (Å²) >= 11 is -1.20. The molecule has 2 atom stereocenters. The van der Waals surface area contributed by atoms with Crippen molar-refractivity contribution >= 4 is 22.2 Å². The summed E-state index contributed by atoms with van der Waals surface area (Å²) in [5.74, 6) is 0. The maximum absolute atomic E-state index is 13.0. The van der Waals surface area contributed by atoms with Gasteiger partial charge in [-0.2, -0.15) is 4.98 Å². The molecule has 1 aliphatic rings. The minimum Gasteiger partial charge on any atom is -0.608 e. The van der Waals surface area contributed by atoms with E-state index in [2.05, 4.69) is 21.0 Å². The van der Waals surface area contributed by atoms with Crippen molar-refractivity contribution in [2.24, 2.45) is 0 Å². The van der Waals surface area contributed by atoms with E-state index in [0.717, 1.165) is 41.6 Å². The summed E-state index contributed by atoms with van der Waals surface area (Å²) in [4.78, 5) is 12.2. The lowest BCUT2D eigenvalue weighted by Crippen LogP contribution is -2.21. The Bertz CT molecular complexity index is 830. The molecule has 0 bridgehead atoms. The molecule has 1 aliphatic carbocycles. The van der Waals surface area contributed by atoms with E-state index in [0.29, 0.717) is 5.16 Å². The highest BCUT2D eigenvalue weighted by Gasteiger charge is 2.34. The first kappa shape index (κ1) is 13.8. The van der Waals surface area contributed by atoms with Crippen LogP contribution in [-0.4, -0.2) is 19.5 Å². The molecule has 0 fully saturated rings. The number of aromatic nitrogens is 3. The number of aromatic amines is 1. The number of pyridine rings is 1. The molecule has 5 heteroatoms. The normalized spacial score (nSPS) is 19.1. The minimum atomic E-state index is -1.20. The average molecular weight is 311 g/mol. The maximum atomic E-state index is 13.0. The van der Waals surface area contributed by atoms with Crippen LogP contribution in [0.4, 0.5) is 0 Å². The second kappa shape index (κ2) is 5.41. The predicted molar refractivity (Wildman–Crippen MR) is 87.2 cm³/mol. The molecular weight excluding hydrogens is 294 g/mol. The zero-order chi connectivity index (χ0) is 15.1. The van der Waals surface area contributed by atoms with Gasteiger partial charge in [0.2, 0.25) is 0 Å². The van der Waals surface area contributed by atoms with Gasteiger partial charge in [-0.1, -0.05) is 12.1 Å². The molecule has 0 saturated heterocycles. The van der Waals surface area contributed by atoms with E-state index in [1.807, 2.05) is 31.2 Å². The quantitative estimate of drug-likeness (QED) is 0.737. The van der Waals surface area contributed by atoms with E-state index in [4.69, 9.17) is 0 Å². The Morgan fingerprint density at radius 1 is 1.32 bits per heavy atom. The fourth-order valence-corrected chi connectivity index (χ4v) is 4.57. The van der Waals surface area contributed by atoms with Gasteiger partial charge in [0, 0.05) is 23.8 Å². The molecule has 2 aromatic heterocycles. The third-order valence-electron chi connectivity index (χ3n) is 4.21. The van der Waals surface area contributed by atoms with E-state index in [-0.39, 0.29) is 5.25 Å². The predicted octanol–water partition coefficient (Wildman–Crippen LogP) is 3.45. The van der Waals surface area contributed by atoms with E-state index in [1.54, 1.807) is 6.20 Å². The molecule has 112 valence electrons. The first-order valence-corrected chi connectivity index (χ1v) is 8.74. The maximum Gasteiger partial charge on any atom is 0.322 e. The van der Waals surface area contributed by atoms with Crippen LogP contribution in [0.5, 0.6) is 0 Å². The minimum absolute atomic E-state index is 0.0633. The van der Waals surface area contributed by atoms with Gasteiger partial charge in [-0.3, -0.25) is 9.97 Å². The van der Waals surface area contributed by atoms with Crippen LogP contribution in [-0.2, 0) is 17.6 Å². The second-order valence-electron chi connectivity index (χ2n) is 5.79. The number of benzene rings is 1. The Balaban J connectivity index is 1.73. The van der Waals surface area contributed by atoms with Crippen molar-refractivity contribution in [3.05, 3.63) is 53.3 Å². The van der Waals surface area contributed by atoms with Crippen molar-refractivity contribution in [3.8, 4) is 0 Å². The van der Waals surface area contributed by atoms with Crippen LogP contribution < -0.4 is 0 Å². The molecule has 22 heavy (non-hydrogen) atoms. The lowest BCUT2D eigenvalue weighted by molar-refractivity contribution is 0.548. The van der Waals surface area contributed by atoms with Crippen LogP contribution in [0.2, 0.25) is 0 Å². The van der Waals surface area contributed by atoms with Gasteiger partial charge in [0.05, 0.1) is 16.7 Å². The highest BCUT2D eigenvalue weighted by Crippen LogP contribution is 2.37. The van der Waals surface area contributed by atoms with E-state index in [9.17, 15) is 4.55 Å². The van der Waals surface area contributed by atoms with Crippen molar-refractivity contribution in [2.45, 2.75) is 36.6 Å². The Kier molecular flexibility index (Phi) is 3.39. The lowest BCUT2D eigenvalue weighted by Gasteiger charge is -2.24. The Hall–Kier alpha value is -1.85. The number of imidazole rings is 1. The third-order valence-corrected chi connectivity index (χ3v) is 5.76. The number of H-pyrrole nitrogens is 1. The van der Waals surface area contributed by atoms with Crippen LogP contribution in [0.1, 0.15) is 34.9 Å². The van der Waals surface area contributed by atoms with Gasteiger partial charge < -0.3 is 4.55 Å². The average Bonchev–Trinajstić information content (AvgIpc) is 2.96. The summed E-state index contributed by atoms with van der Waals surface area (Å²) < 4.78 is 13.0. The molecule has 4 nitrogen and oxygen atoms in total. The smallest absolute Gasteiger partial charge is 0.322 e. The van der Waals surface area contributed by atoms with Crippen molar-refractivity contribution in [1.82, 2.24) is 15.0 Å². The van der Waals surface area contributed by atoms with Crippen LogP contribution in [0.25, 0.3) is 11.0 Å². The summed E-state index contributed by atoms with van der Waals surface area (Å²) in [6.45, 7) is 2.04. The summed E-state index contributed by atoms with van der Waals surface area (Å²) in [5, 5.41) is 0.496. The Morgan fingerprint density at radius 3 is 3.14 bits per heavy atom. The van der Waals surface area contributed by atoms with Crippen molar-refractivity contribution in [3.63, 3.8) is 0 Å². The molecule has 3 aromatic rings. The first-order valence-electron chi connectivity index (χ1n) is 7.53. The third kappa shape index (κ3) is 2.30. The fraction of sp³-hybridized carbons (Fsp3) is 0.294. The van der Waals surface area contributed by atoms with Gasteiger partial charge in [-0.05, 0) is 49.1 Å². The largest absolute Gasteiger partial charge is 0.608 e. The van der Waals surface area contributed by atoms with Gasteiger partial charge in [0.25, 0.3) is 0 Å². The highest BCUT2D eigenvalue weighted by atomic mass is 32.2. The number of rotatable bonds is 2. The van der Waals surface area contributed by atoms with Gasteiger partial charge >= 0.3 is 5.16 Å². The number of nitrogens with one attached hydrogen (secondary N) is 1. The number of aryl methyl sites for hydroxylation is 2. The van der Waals surface area contributed by atoms with Crippen molar-refractivity contribution < 1.29 is 4.55 Å². The van der Waals surface area contributed by atoms with E-state index in [1.165, 1.54) is 5.56 Å². The number of hydrogen-bond donors (Lipinski definition) is 1. The summed E-state index contributed by atoms with van der Waals surface area (Å²) in [6.07, 6.45) is 4.76. The molecule has 1 N–H and O–H groups in total. The molecule has 2 heterocycles. The zero-order valence-corrected chi connectivity index (χ0v) is 13.2. The summed E-state index contributed by atoms with van der Waals surface area (Å²) in [6, 6.07) is 10.1. The first-order chi connectivity index (χ1) is 10.7. The summed E-state index contributed by atoms with van der Waals surface area (Å²) in [7, 11) is 0. The monoisotopic (exact) mass is 311 g/mol. The molecule has 2 unspecified atom stereocenters. The molecular formula is C17H17N3OS. The highest BCUT2D eigenvalue weighted by molar-refractivity contribution is 7.91. The van der Waals surface area contributed by atoms with Crippen LogP contribution in [0, 0.1) is 6.92 Å². The summed E-state index contributed by atoms with van der Waals surface area (Å²) in [5.41, 5.74) is 5.17. The van der Waals surface area contributed by atoms with Crippen molar-refractivity contribution in [2.75, 3.05) is 0 Å². The van der Waals surface area contributed by atoms with Crippen LogP contribution in [0.3, 0.4) is 0 Å². The molecule has 0 radical (unpaired) electrons. The second-order valence-corrected chi connectivity index (χ2v) is 7.34. The van der Waals surface area contributed by atoms with Gasteiger partial charge in [-0.25, -0.2) is 0 Å². The molecule has 1 aromatic carbocycles.